The minimum absolute atomic E-state index is 0.164. The molecule has 1 aliphatic rings. The van der Waals surface area contributed by atoms with E-state index in [0.717, 1.165) is 25.1 Å². The molecule has 3 rings (SSSR count). The molecule has 2 aromatic carbocycles. The Labute approximate surface area is 166 Å². The van der Waals surface area contributed by atoms with E-state index in [1.807, 2.05) is 48.5 Å². The van der Waals surface area contributed by atoms with Gasteiger partial charge in [-0.05, 0) is 23.1 Å². The van der Waals surface area contributed by atoms with E-state index in [1.165, 1.54) is 18.2 Å². The third-order valence-corrected chi connectivity index (χ3v) is 4.91. The molecule has 1 N–H and O–H groups in total. The van der Waals surface area contributed by atoms with Crippen LogP contribution in [0.2, 0.25) is 0 Å². The van der Waals surface area contributed by atoms with E-state index in [-0.39, 0.29) is 12.5 Å². The molecule has 5 nitrogen and oxygen atoms in total. The first-order chi connectivity index (χ1) is 13.7. The number of ether oxygens (including phenoxy) is 1. The van der Waals surface area contributed by atoms with Gasteiger partial charge in [0.05, 0.1) is 13.7 Å². The molecule has 2 aromatic rings. The second-order valence-corrected chi connectivity index (χ2v) is 6.91. The molecule has 1 heterocycles. The van der Waals surface area contributed by atoms with Gasteiger partial charge in [0.1, 0.15) is 6.04 Å². The molecule has 0 bridgehead atoms. The predicted octanol–water partition coefficient (Wildman–Crippen LogP) is 2.68. The van der Waals surface area contributed by atoms with E-state index in [2.05, 4.69) is 28.4 Å². The molecule has 0 saturated carbocycles. The monoisotopic (exact) mass is 378 g/mol. The summed E-state index contributed by atoms with van der Waals surface area (Å²) in [5.41, 5.74) is 3.53. The van der Waals surface area contributed by atoms with Crippen molar-refractivity contribution in [2.75, 3.05) is 26.7 Å². The number of rotatable bonds is 7. The maximum atomic E-state index is 12.5. The van der Waals surface area contributed by atoms with Crippen LogP contribution < -0.4 is 5.32 Å². The Hall–Kier alpha value is -2.92. The molecule has 28 heavy (non-hydrogen) atoms. The van der Waals surface area contributed by atoms with Gasteiger partial charge in [0.15, 0.2) is 0 Å². The highest BCUT2D eigenvalue weighted by atomic mass is 16.5. The summed E-state index contributed by atoms with van der Waals surface area (Å²) in [7, 11) is 1.34. The van der Waals surface area contributed by atoms with Crippen LogP contribution in [0, 0.1) is 0 Å². The fourth-order valence-corrected chi connectivity index (χ4v) is 3.40. The minimum atomic E-state index is -0.680. The van der Waals surface area contributed by atoms with E-state index in [0.29, 0.717) is 6.42 Å². The van der Waals surface area contributed by atoms with Gasteiger partial charge in [0.2, 0.25) is 5.91 Å². The molecule has 1 aliphatic heterocycles. The number of hydrogen-bond acceptors (Lipinski definition) is 4. The van der Waals surface area contributed by atoms with E-state index in [1.54, 1.807) is 0 Å². The molecule has 0 spiro atoms. The third-order valence-electron chi connectivity index (χ3n) is 4.91. The zero-order chi connectivity index (χ0) is 19.8. The summed E-state index contributed by atoms with van der Waals surface area (Å²) < 4.78 is 4.86. The zero-order valence-corrected chi connectivity index (χ0v) is 16.1. The topological polar surface area (TPSA) is 58.6 Å². The highest BCUT2D eigenvalue weighted by molar-refractivity contribution is 5.85. The van der Waals surface area contributed by atoms with Gasteiger partial charge in [0, 0.05) is 19.5 Å². The van der Waals surface area contributed by atoms with Gasteiger partial charge < -0.3 is 10.1 Å². The molecule has 0 fully saturated rings. The van der Waals surface area contributed by atoms with E-state index < -0.39 is 12.0 Å². The van der Waals surface area contributed by atoms with E-state index >= 15 is 0 Å². The number of amides is 1. The predicted molar refractivity (Wildman–Crippen MR) is 110 cm³/mol. The van der Waals surface area contributed by atoms with Crippen LogP contribution in [0.25, 0.3) is 5.57 Å². The lowest BCUT2D eigenvalue weighted by Crippen LogP contribution is -2.47. The molecule has 0 radical (unpaired) electrons. The van der Waals surface area contributed by atoms with Gasteiger partial charge in [-0.15, -0.1) is 0 Å². The first kappa shape index (κ1) is 19.8. The summed E-state index contributed by atoms with van der Waals surface area (Å²) >= 11 is 0. The Balaban J connectivity index is 1.55. The van der Waals surface area contributed by atoms with Crippen molar-refractivity contribution in [2.24, 2.45) is 0 Å². The number of carbonyl (C=O) groups is 2. The molecule has 0 aliphatic carbocycles. The van der Waals surface area contributed by atoms with Crippen LogP contribution in [-0.2, 0) is 20.7 Å². The summed E-state index contributed by atoms with van der Waals surface area (Å²) in [6.07, 6.45) is 3.49. The minimum Gasteiger partial charge on any atom is -0.467 e. The number of hydrogen-bond donors (Lipinski definition) is 1. The Bertz CT molecular complexity index is 818. The lowest BCUT2D eigenvalue weighted by atomic mass is 9.99. The molecule has 1 amide bonds. The fraction of sp³-hybridized carbons (Fsp3) is 0.304. The molecular weight excluding hydrogens is 352 g/mol. The average molecular weight is 378 g/mol. The number of carbonyl (C=O) groups excluding carboxylic acids is 2. The zero-order valence-electron chi connectivity index (χ0n) is 16.1. The van der Waals surface area contributed by atoms with Gasteiger partial charge in [0.25, 0.3) is 0 Å². The van der Waals surface area contributed by atoms with E-state index in [9.17, 15) is 9.59 Å². The molecule has 0 saturated heterocycles. The summed E-state index contributed by atoms with van der Waals surface area (Å²) in [4.78, 5) is 26.7. The lowest BCUT2D eigenvalue weighted by molar-refractivity contribution is -0.145. The van der Waals surface area contributed by atoms with Crippen LogP contribution in [0.15, 0.2) is 66.7 Å². The van der Waals surface area contributed by atoms with Crippen molar-refractivity contribution < 1.29 is 14.3 Å². The quantitative estimate of drug-likeness (QED) is 0.753. The van der Waals surface area contributed by atoms with Gasteiger partial charge in [-0.3, -0.25) is 9.69 Å². The number of nitrogens with one attached hydrogen (secondary N) is 1. The van der Waals surface area contributed by atoms with Crippen molar-refractivity contribution in [3.05, 3.63) is 77.9 Å². The van der Waals surface area contributed by atoms with Crippen molar-refractivity contribution in [3.8, 4) is 0 Å². The van der Waals surface area contributed by atoms with Gasteiger partial charge in [-0.2, -0.15) is 0 Å². The first-order valence-electron chi connectivity index (χ1n) is 9.53. The maximum Gasteiger partial charge on any atom is 0.328 e. The second-order valence-electron chi connectivity index (χ2n) is 6.91. The van der Waals surface area contributed by atoms with Crippen molar-refractivity contribution in [1.29, 1.82) is 0 Å². The van der Waals surface area contributed by atoms with Crippen LogP contribution >= 0.6 is 0 Å². The van der Waals surface area contributed by atoms with Crippen molar-refractivity contribution >= 4 is 17.4 Å². The Morgan fingerprint density at radius 3 is 2.36 bits per heavy atom. The normalized spacial score (nSPS) is 15.4. The summed E-state index contributed by atoms with van der Waals surface area (Å²) in [6.45, 7) is 1.80. The number of esters is 1. The third kappa shape index (κ3) is 5.54. The molecule has 0 aromatic heterocycles. The van der Waals surface area contributed by atoms with Crippen molar-refractivity contribution in [3.63, 3.8) is 0 Å². The maximum absolute atomic E-state index is 12.5. The summed E-state index contributed by atoms with van der Waals surface area (Å²) in [6, 6.07) is 19.2. The Kier molecular flexibility index (Phi) is 6.98. The fourth-order valence-electron chi connectivity index (χ4n) is 3.40. The highest BCUT2D eigenvalue weighted by Gasteiger charge is 2.23. The van der Waals surface area contributed by atoms with Crippen LogP contribution in [0.5, 0.6) is 0 Å². The van der Waals surface area contributed by atoms with Gasteiger partial charge in [-0.25, -0.2) is 4.79 Å². The van der Waals surface area contributed by atoms with Crippen molar-refractivity contribution in [1.82, 2.24) is 10.2 Å². The van der Waals surface area contributed by atoms with Gasteiger partial charge >= 0.3 is 5.97 Å². The second kappa shape index (κ2) is 9.85. The number of methoxy groups -OCH3 is 1. The standard InChI is InChI=1S/C23H26N2O3/c1-28-23(27)21(16-18-8-4-2-5-9-18)24-22(26)17-25-14-12-20(13-15-25)19-10-6-3-7-11-19/h2-12,21H,13-17H2,1H3,(H,24,26)/t21-/m0/s1. The Morgan fingerprint density at radius 1 is 1.07 bits per heavy atom. The highest BCUT2D eigenvalue weighted by Crippen LogP contribution is 2.21. The largest absolute Gasteiger partial charge is 0.467 e. The molecule has 1 atom stereocenters. The SMILES string of the molecule is COC(=O)[C@H](Cc1ccccc1)NC(=O)CN1CC=C(c2ccccc2)CC1. The number of benzene rings is 2. The van der Waals surface area contributed by atoms with E-state index in [4.69, 9.17) is 4.74 Å². The lowest BCUT2D eigenvalue weighted by Gasteiger charge is -2.26. The molecule has 146 valence electrons. The van der Waals surface area contributed by atoms with Crippen LogP contribution in [0.4, 0.5) is 0 Å². The van der Waals surface area contributed by atoms with Crippen LogP contribution in [0.1, 0.15) is 17.5 Å². The van der Waals surface area contributed by atoms with Crippen LogP contribution in [0.3, 0.4) is 0 Å². The summed E-state index contributed by atoms with van der Waals surface area (Å²) in [5, 5.41) is 2.83. The van der Waals surface area contributed by atoms with Gasteiger partial charge in [-0.1, -0.05) is 66.7 Å². The average Bonchev–Trinajstić information content (AvgIpc) is 2.74. The number of nitrogens with zero attached hydrogens (tertiary/aromatic N) is 1. The van der Waals surface area contributed by atoms with Crippen LogP contribution in [-0.4, -0.2) is 49.6 Å². The Morgan fingerprint density at radius 2 is 1.75 bits per heavy atom. The summed E-state index contributed by atoms with van der Waals surface area (Å²) in [5.74, 6) is -0.593. The first-order valence-corrected chi connectivity index (χ1v) is 9.53. The molecular formula is C23H26N2O3. The smallest absolute Gasteiger partial charge is 0.328 e. The van der Waals surface area contributed by atoms with Crippen molar-refractivity contribution in [2.45, 2.75) is 18.9 Å². The molecule has 0 unspecified atom stereocenters. The molecule has 5 heteroatoms.